The second-order valence-corrected chi connectivity index (χ2v) is 21.9. The van der Waals surface area contributed by atoms with Crippen LogP contribution < -0.4 is 30.7 Å². The molecule has 5 aromatic carbocycles. The fourth-order valence-corrected chi connectivity index (χ4v) is 13.0. The van der Waals surface area contributed by atoms with E-state index in [1.807, 2.05) is 24.3 Å². The largest absolute Gasteiger partial charge is 0.387 e. The van der Waals surface area contributed by atoms with E-state index in [2.05, 4.69) is 108 Å². The summed E-state index contributed by atoms with van der Waals surface area (Å²) in [5.41, 5.74) is 4.38. The van der Waals surface area contributed by atoms with Crippen LogP contribution in [0.25, 0.3) is 30.3 Å². The average molecular weight is 1080 g/mol. The molecule has 0 spiro atoms. The lowest BCUT2D eigenvalue weighted by molar-refractivity contribution is -0.115. The van der Waals surface area contributed by atoms with Crippen LogP contribution in [0.2, 0.25) is 10.0 Å². The molecule has 0 bridgehead atoms. The van der Waals surface area contributed by atoms with Gasteiger partial charge in [-0.2, -0.15) is 13.1 Å². The lowest BCUT2D eigenvalue weighted by Gasteiger charge is -2.36. The van der Waals surface area contributed by atoms with Gasteiger partial charge < -0.3 is 35.8 Å². The molecular weight excluding hydrogens is 1020 g/mol. The van der Waals surface area contributed by atoms with Crippen molar-refractivity contribution in [2.24, 2.45) is 0 Å². The molecule has 2 amide bonds. The number of fused-ring (bicyclic) bond motifs is 5. The number of anilines is 5. The van der Waals surface area contributed by atoms with Crippen molar-refractivity contribution >= 4 is 134 Å². The highest BCUT2D eigenvalue weighted by molar-refractivity contribution is 7.14. The summed E-state index contributed by atoms with van der Waals surface area (Å²) in [5.74, 6) is 3.15. The standard InChI is InChI=1S/C21H21ClN4O2S.C21H19ClN4O2S.C11H13N3S/c2*22-16-11-17-13(10-20(28)23-17)9-15(16)18(27)12-25-5-7-26(8-6-25)21-14-3-1-2-4-19(14)29-24-21;1-2-4-10-9(3-1)11(13-15-10)14-7-5-12-6-8-14/h1-4,9,11,18,27H,5-8,10,12H2,(H,23,28);1-4,9,11H,5-8,10,12H2,(H,23,28);1-4,12H,5-8H2. The number of carbonyl (C=O) groups is 3. The van der Waals surface area contributed by atoms with E-state index in [1.165, 1.54) is 53.3 Å². The summed E-state index contributed by atoms with van der Waals surface area (Å²) in [4.78, 5) is 47.4. The Hall–Kier alpha value is -5.80. The van der Waals surface area contributed by atoms with Crippen LogP contribution in [0.4, 0.5) is 28.8 Å². The zero-order chi connectivity index (χ0) is 50.0. The maximum Gasteiger partial charge on any atom is 0.228 e. The number of aliphatic hydroxyl groups is 1. The summed E-state index contributed by atoms with van der Waals surface area (Å²) in [5, 5.41) is 24.3. The summed E-state index contributed by atoms with van der Waals surface area (Å²) >= 11 is 17.3. The summed E-state index contributed by atoms with van der Waals surface area (Å²) in [6.45, 7) is 11.8. The van der Waals surface area contributed by atoms with Crippen molar-refractivity contribution in [1.29, 1.82) is 0 Å². The molecule has 3 aromatic heterocycles. The van der Waals surface area contributed by atoms with Gasteiger partial charge in [-0.1, -0.05) is 59.6 Å². The molecule has 8 aromatic rings. The number of carbonyl (C=O) groups excluding carboxylic acids is 3. The number of aliphatic hydroxyl groups excluding tert-OH is 1. The van der Waals surface area contributed by atoms with Gasteiger partial charge in [0.05, 0.1) is 44.6 Å². The number of β-amino-alcohol motifs (C(OH)–C–C–N with tert-alkyl or cyclic N) is 1. The van der Waals surface area contributed by atoms with Crippen LogP contribution in [-0.2, 0) is 22.4 Å². The van der Waals surface area contributed by atoms with E-state index in [-0.39, 0.29) is 17.6 Å². The molecule has 4 N–H and O–H groups in total. The highest BCUT2D eigenvalue weighted by Gasteiger charge is 2.28. The second-order valence-electron chi connectivity index (χ2n) is 18.7. The van der Waals surface area contributed by atoms with Gasteiger partial charge in [0.2, 0.25) is 11.8 Å². The molecule has 20 heteroatoms. The van der Waals surface area contributed by atoms with Gasteiger partial charge in [-0.15, -0.1) is 0 Å². The van der Waals surface area contributed by atoms with E-state index in [4.69, 9.17) is 23.2 Å². The number of amides is 2. The van der Waals surface area contributed by atoms with Gasteiger partial charge >= 0.3 is 0 Å². The third kappa shape index (κ3) is 10.9. The minimum atomic E-state index is -0.685. The molecule has 0 radical (unpaired) electrons. The van der Waals surface area contributed by atoms with Crippen LogP contribution >= 0.6 is 57.8 Å². The van der Waals surface area contributed by atoms with Crippen LogP contribution in [0.3, 0.4) is 0 Å². The van der Waals surface area contributed by atoms with Gasteiger partial charge in [0.1, 0.15) is 17.5 Å². The van der Waals surface area contributed by atoms with E-state index in [0.717, 1.165) is 113 Å². The van der Waals surface area contributed by atoms with Gasteiger partial charge in [0.25, 0.3) is 0 Å². The number of benzene rings is 5. The number of hydrogen-bond acceptors (Lipinski definition) is 16. The number of Topliss-reactive ketones (excluding diaryl/α,β-unsaturated/α-hetero) is 1. The number of nitrogens with one attached hydrogen (secondary N) is 3. The lowest BCUT2D eigenvalue weighted by Crippen LogP contribution is -2.48. The van der Waals surface area contributed by atoms with Gasteiger partial charge in [0.15, 0.2) is 5.78 Å². The fraction of sp³-hybridized carbons (Fsp3) is 0.321. The number of ketones is 1. The summed E-state index contributed by atoms with van der Waals surface area (Å²) in [6, 6.07) is 32.1. The Bertz CT molecular complexity index is 3330. The molecule has 376 valence electrons. The lowest BCUT2D eigenvalue weighted by atomic mass is 10.0. The van der Waals surface area contributed by atoms with E-state index >= 15 is 0 Å². The van der Waals surface area contributed by atoms with E-state index < -0.39 is 6.10 Å². The Morgan fingerprint density at radius 3 is 1.52 bits per heavy atom. The molecule has 73 heavy (non-hydrogen) atoms. The van der Waals surface area contributed by atoms with E-state index in [0.29, 0.717) is 52.8 Å². The first-order valence-corrected chi connectivity index (χ1v) is 27.6. The van der Waals surface area contributed by atoms with Crippen molar-refractivity contribution in [3.8, 4) is 0 Å². The van der Waals surface area contributed by atoms with Crippen molar-refractivity contribution in [2.45, 2.75) is 18.9 Å². The minimum Gasteiger partial charge on any atom is -0.387 e. The van der Waals surface area contributed by atoms with Crippen molar-refractivity contribution in [1.82, 2.24) is 28.2 Å². The molecule has 3 fully saturated rings. The maximum atomic E-state index is 12.8. The molecule has 0 saturated carbocycles. The molecule has 13 rings (SSSR count). The smallest absolute Gasteiger partial charge is 0.228 e. The number of aromatic nitrogens is 3. The number of piperazine rings is 3. The Morgan fingerprint density at radius 2 is 1.01 bits per heavy atom. The highest BCUT2D eigenvalue weighted by Crippen LogP contribution is 2.36. The van der Waals surface area contributed by atoms with E-state index in [9.17, 15) is 19.5 Å². The van der Waals surface area contributed by atoms with Crippen molar-refractivity contribution in [3.05, 3.63) is 129 Å². The maximum absolute atomic E-state index is 12.8. The molecule has 1 atom stereocenters. The molecule has 1 unspecified atom stereocenters. The van der Waals surface area contributed by atoms with Crippen LogP contribution in [0.15, 0.2) is 97.1 Å². The zero-order valence-electron chi connectivity index (χ0n) is 39.9. The molecule has 0 aliphatic carbocycles. The average Bonchev–Trinajstić information content (AvgIpc) is 4.27. The fourth-order valence-electron chi connectivity index (χ4n) is 10.1. The highest BCUT2D eigenvalue weighted by atomic mass is 35.5. The van der Waals surface area contributed by atoms with Crippen molar-refractivity contribution in [3.63, 3.8) is 0 Å². The Labute approximate surface area is 444 Å². The number of rotatable bonds is 9. The van der Waals surface area contributed by atoms with Crippen LogP contribution in [-0.4, -0.2) is 137 Å². The molecule has 5 aliphatic heterocycles. The topological polar surface area (TPSA) is 162 Å². The summed E-state index contributed by atoms with van der Waals surface area (Å²) in [7, 11) is 0. The number of halogens is 2. The van der Waals surface area contributed by atoms with Crippen LogP contribution in [0, 0.1) is 0 Å². The molecular formula is C53H53Cl2N11O4S3. The van der Waals surface area contributed by atoms with Gasteiger partial charge in [-0.3, -0.25) is 24.2 Å². The molecule has 5 aliphatic rings. The van der Waals surface area contributed by atoms with Crippen molar-refractivity contribution in [2.75, 3.05) is 117 Å². The van der Waals surface area contributed by atoms with Crippen LogP contribution in [0.5, 0.6) is 0 Å². The zero-order valence-corrected chi connectivity index (χ0v) is 43.8. The quantitative estimate of drug-likeness (QED) is 0.102. The van der Waals surface area contributed by atoms with E-state index in [1.54, 1.807) is 29.7 Å². The monoisotopic (exact) mass is 1070 g/mol. The first kappa shape index (κ1) is 49.4. The SMILES string of the molecule is O=C1Cc2cc(C(=O)CN3CCN(c4nsc5ccccc45)CC3)c(Cl)cc2N1.O=C1Cc2cc(C(O)CN3CCN(c4nsc5ccccc45)CC3)c(Cl)cc2N1.c1ccc2c(N3CCNCC3)nsc2c1. The van der Waals surface area contributed by atoms with Crippen LogP contribution in [0.1, 0.15) is 33.2 Å². The molecule has 3 saturated heterocycles. The molecule has 15 nitrogen and oxygen atoms in total. The summed E-state index contributed by atoms with van der Waals surface area (Å²) in [6.07, 6.45) is -0.0466. The first-order valence-electron chi connectivity index (χ1n) is 24.5. The third-order valence-corrected chi connectivity index (χ3v) is 17.0. The second kappa shape index (κ2) is 22.0. The van der Waals surface area contributed by atoms with Crippen molar-refractivity contribution < 1.29 is 19.5 Å². The van der Waals surface area contributed by atoms with Gasteiger partial charge in [-0.25, -0.2) is 0 Å². The van der Waals surface area contributed by atoms with Gasteiger partial charge in [-0.05, 0) is 106 Å². The van der Waals surface area contributed by atoms with Gasteiger partial charge in [0, 0.05) is 129 Å². The number of hydrogen-bond donors (Lipinski definition) is 4. The third-order valence-electron chi connectivity index (χ3n) is 14.0. The Morgan fingerprint density at radius 1 is 0.575 bits per heavy atom. The number of nitrogens with zero attached hydrogens (tertiary/aromatic N) is 8. The minimum absolute atomic E-state index is 0.00953. The first-order chi connectivity index (χ1) is 35.6. The Balaban J connectivity index is 0.000000124. The predicted molar refractivity (Wildman–Crippen MR) is 298 cm³/mol. The summed E-state index contributed by atoms with van der Waals surface area (Å²) < 4.78 is 17.5. The predicted octanol–water partition coefficient (Wildman–Crippen LogP) is 8.46. The molecule has 8 heterocycles. The normalized spacial score (nSPS) is 17.4. The Kier molecular flexibility index (Phi) is 14.9.